The Morgan fingerprint density at radius 3 is 2.95 bits per heavy atom. The third-order valence-electron chi connectivity index (χ3n) is 2.67. The minimum absolute atomic E-state index is 0.189. The molecule has 0 saturated carbocycles. The van der Waals surface area contributed by atoms with Gasteiger partial charge in [0.1, 0.15) is 0 Å². The van der Waals surface area contributed by atoms with Crippen molar-refractivity contribution >= 4 is 22.4 Å². The number of unbranched alkanes of at least 4 members (excludes halogenated alkanes) is 1. The van der Waals surface area contributed by atoms with Crippen molar-refractivity contribution in [2.24, 2.45) is 0 Å². The summed E-state index contributed by atoms with van der Waals surface area (Å²) in [6.07, 6.45) is 3.35. The van der Waals surface area contributed by atoms with Crippen LogP contribution in [0.4, 0.5) is 5.13 Å². The van der Waals surface area contributed by atoms with E-state index in [-0.39, 0.29) is 5.97 Å². The van der Waals surface area contributed by atoms with Crippen molar-refractivity contribution in [3.05, 3.63) is 11.1 Å². The molecular formula is C13H23N3O2S. The first-order chi connectivity index (χ1) is 9.11. The molecule has 6 heteroatoms. The Kier molecular flexibility index (Phi) is 7.43. The van der Waals surface area contributed by atoms with Crippen LogP contribution in [0.25, 0.3) is 0 Å². The van der Waals surface area contributed by atoms with Crippen LogP contribution in [-0.4, -0.2) is 50.1 Å². The Morgan fingerprint density at radius 1 is 1.47 bits per heavy atom. The number of rotatable bonds is 9. The van der Waals surface area contributed by atoms with Crippen molar-refractivity contribution < 1.29 is 9.53 Å². The van der Waals surface area contributed by atoms with Crippen LogP contribution >= 0.6 is 11.3 Å². The van der Waals surface area contributed by atoms with E-state index in [1.807, 2.05) is 5.38 Å². The maximum absolute atomic E-state index is 11.0. The average Bonchev–Trinajstić information content (AvgIpc) is 2.83. The van der Waals surface area contributed by atoms with Crippen LogP contribution in [-0.2, 0) is 16.0 Å². The van der Waals surface area contributed by atoms with Crippen LogP contribution in [0.2, 0.25) is 0 Å². The SMILES string of the molecule is COC(=O)CCc1csc(NCCCCN(C)C)n1. The summed E-state index contributed by atoms with van der Waals surface area (Å²) in [5.74, 6) is -0.189. The molecule has 0 aliphatic rings. The lowest BCUT2D eigenvalue weighted by molar-refractivity contribution is -0.140. The van der Waals surface area contributed by atoms with Gasteiger partial charge in [-0.05, 0) is 33.5 Å². The van der Waals surface area contributed by atoms with Crippen LogP contribution in [0.15, 0.2) is 5.38 Å². The van der Waals surface area contributed by atoms with Crippen molar-refractivity contribution in [3.63, 3.8) is 0 Å². The molecule has 0 saturated heterocycles. The zero-order valence-electron chi connectivity index (χ0n) is 11.9. The van der Waals surface area contributed by atoms with Crippen LogP contribution in [0.1, 0.15) is 25.0 Å². The Bertz CT molecular complexity index is 380. The molecular weight excluding hydrogens is 262 g/mol. The molecule has 1 heterocycles. The van der Waals surface area contributed by atoms with E-state index in [4.69, 9.17) is 0 Å². The number of aromatic nitrogens is 1. The van der Waals surface area contributed by atoms with Gasteiger partial charge in [0.2, 0.25) is 0 Å². The summed E-state index contributed by atoms with van der Waals surface area (Å²) in [7, 11) is 5.58. The number of hydrogen-bond acceptors (Lipinski definition) is 6. The third-order valence-corrected chi connectivity index (χ3v) is 3.52. The number of carbonyl (C=O) groups excluding carboxylic acids is 1. The highest BCUT2D eigenvalue weighted by atomic mass is 32.1. The Hall–Kier alpha value is -1.14. The number of esters is 1. The molecule has 0 atom stereocenters. The number of carbonyl (C=O) groups is 1. The number of nitrogens with one attached hydrogen (secondary N) is 1. The first-order valence-corrected chi connectivity index (χ1v) is 7.39. The summed E-state index contributed by atoms with van der Waals surface area (Å²) in [5.41, 5.74) is 0.950. The van der Waals surface area contributed by atoms with Crippen molar-refractivity contribution in [1.82, 2.24) is 9.88 Å². The van der Waals surface area contributed by atoms with E-state index in [0.29, 0.717) is 12.8 Å². The molecule has 1 aromatic heterocycles. The van der Waals surface area contributed by atoms with Gasteiger partial charge < -0.3 is 15.0 Å². The van der Waals surface area contributed by atoms with Gasteiger partial charge in [-0.15, -0.1) is 11.3 Å². The largest absolute Gasteiger partial charge is 0.469 e. The van der Waals surface area contributed by atoms with E-state index < -0.39 is 0 Å². The van der Waals surface area contributed by atoms with Crippen molar-refractivity contribution in [2.75, 3.05) is 39.6 Å². The maximum Gasteiger partial charge on any atom is 0.305 e. The molecule has 0 aliphatic carbocycles. The van der Waals surface area contributed by atoms with E-state index >= 15 is 0 Å². The van der Waals surface area contributed by atoms with Gasteiger partial charge >= 0.3 is 5.97 Å². The van der Waals surface area contributed by atoms with Crippen molar-refractivity contribution in [1.29, 1.82) is 0 Å². The van der Waals surface area contributed by atoms with Crippen LogP contribution in [0.5, 0.6) is 0 Å². The van der Waals surface area contributed by atoms with Gasteiger partial charge in [0.15, 0.2) is 5.13 Å². The fourth-order valence-electron chi connectivity index (χ4n) is 1.58. The predicted molar refractivity (Wildman–Crippen MR) is 78.7 cm³/mol. The first kappa shape index (κ1) is 15.9. The first-order valence-electron chi connectivity index (χ1n) is 6.51. The Balaban J connectivity index is 2.18. The van der Waals surface area contributed by atoms with Gasteiger partial charge in [0, 0.05) is 18.3 Å². The monoisotopic (exact) mass is 285 g/mol. The van der Waals surface area contributed by atoms with Gasteiger partial charge in [0.25, 0.3) is 0 Å². The number of anilines is 1. The minimum Gasteiger partial charge on any atom is -0.469 e. The number of methoxy groups -OCH3 is 1. The second-order valence-corrected chi connectivity index (χ2v) is 5.52. The average molecular weight is 285 g/mol. The number of aryl methyl sites for hydroxylation is 1. The highest BCUT2D eigenvalue weighted by molar-refractivity contribution is 7.13. The Labute approximate surface area is 119 Å². The molecule has 0 bridgehead atoms. The van der Waals surface area contributed by atoms with Crippen LogP contribution < -0.4 is 5.32 Å². The summed E-state index contributed by atoms with van der Waals surface area (Å²) in [6, 6.07) is 0. The van der Waals surface area contributed by atoms with Crippen LogP contribution in [0.3, 0.4) is 0 Å². The number of nitrogens with zero attached hydrogens (tertiary/aromatic N) is 2. The van der Waals surface area contributed by atoms with Gasteiger partial charge in [-0.3, -0.25) is 4.79 Å². The minimum atomic E-state index is -0.189. The molecule has 108 valence electrons. The molecule has 0 aliphatic heterocycles. The zero-order chi connectivity index (χ0) is 14.1. The van der Waals surface area contributed by atoms with E-state index in [2.05, 4.69) is 34.0 Å². The molecule has 5 nitrogen and oxygen atoms in total. The standard InChI is InChI=1S/C13H23N3O2S/c1-16(2)9-5-4-8-14-13-15-11(10-19-13)6-7-12(17)18-3/h10H,4-9H2,1-3H3,(H,14,15). The zero-order valence-corrected chi connectivity index (χ0v) is 12.8. The normalized spacial score (nSPS) is 10.7. The maximum atomic E-state index is 11.0. The lowest BCUT2D eigenvalue weighted by Crippen LogP contribution is -2.14. The summed E-state index contributed by atoms with van der Waals surface area (Å²) in [6.45, 7) is 2.06. The molecule has 0 radical (unpaired) electrons. The summed E-state index contributed by atoms with van der Waals surface area (Å²) in [5, 5.41) is 6.24. The van der Waals surface area contributed by atoms with E-state index in [1.165, 1.54) is 13.5 Å². The molecule has 0 fully saturated rings. The second-order valence-electron chi connectivity index (χ2n) is 4.66. The molecule has 0 spiro atoms. The second kappa shape index (κ2) is 8.87. The van der Waals surface area contributed by atoms with Crippen molar-refractivity contribution in [2.45, 2.75) is 25.7 Å². The molecule has 0 aromatic carbocycles. The molecule has 0 amide bonds. The summed E-state index contributed by atoms with van der Waals surface area (Å²) < 4.78 is 4.61. The summed E-state index contributed by atoms with van der Waals surface area (Å²) >= 11 is 1.59. The van der Waals surface area contributed by atoms with E-state index in [1.54, 1.807) is 11.3 Å². The molecule has 1 rings (SSSR count). The topological polar surface area (TPSA) is 54.5 Å². The highest BCUT2D eigenvalue weighted by Crippen LogP contribution is 2.16. The van der Waals surface area contributed by atoms with Crippen molar-refractivity contribution in [3.8, 4) is 0 Å². The van der Waals surface area contributed by atoms with Crippen LogP contribution in [0, 0.1) is 0 Å². The number of ether oxygens (including phenoxy) is 1. The van der Waals surface area contributed by atoms with E-state index in [0.717, 1.165) is 30.3 Å². The lowest BCUT2D eigenvalue weighted by Gasteiger charge is -2.08. The lowest BCUT2D eigenvalue weighted by atomic mass is 10.2. The molecule has 1 aromatic rings. The highest BCUT2D eigenvalue weighted by Gasteiger charge is 2.05. The smallest absolute Gasteiger partial charge is 0.305 e. The number of hydrogen-bond donors (Lipinski definition) is 1. The predicted octanol–water partition coefficient (Wildman–Crippen LogP) is 2.00. The van der Waals surface area contributed by atoms with Gasteiger partial charge in [-0.1, -0.05) is 0 Å². The Morgan fingerprint density at radius 2 is 2.26 bits per heavy atom. The van der Waals surface area contributed by atoms with E-state index in [9.17, 15) is 4.79 Å². The van der Waals surface area contributed by atoms with Gasteiger partial charge in [-0.25, -0.2) is 4.98 Å². The molecule has 1 N–H and O–H groups in total. The molecule has 19 heavy (non-hydrogen) atoms. The quantitative estimate of drug-likeness (QED) is 0.555. The fraction of sp³-hybridized carbons (Fsp3) is 0.692. The number of thiazole rings is 1. The third kappa shape index (κ3) is 7.12. The van der Waals surface area contributed by atoms with Gasteiger partial charge in [-0.2, -0.15) is 0 Å². The van der Waals surface area contributed by atoms with Gasteiger partial charge in [0.05, 0.1) is 19.2 Å². The fourth-order valence-corrected chi connectivity index (χ4v) is 2.36. The molecule has 0 unspecified atom stereocenters. The summed E-state index contributed by atoms with van der Waals surface area (Å²) in [4.78, 5) is 17.7.